The zero-order valence-electron chi connectivity index (χ0n) is 10.7. The highest BCUT2D eigenvalue weighted by atomic mass is 35.5. The summed E-state index contributed by atoms with van der Waals surface area (Å²) in [5, 5.41) is 3.21. The number of amides is 1. The van der Waals surface area contributed by atoms with Crippen molar-refractivity contribution in [2.45, 2.75) is 0 Å². The maximum atomic E-state index is 12.1. The van der Waals surface area contributed by atoms with Gasteiger partial charge in [0.2, 0.25) is 0 Å². The highest BCUT2D eigenvalue weighted by molar-refractivity contribution is 6.34. The van der Waals surface area contributed by atoms with Crippen LogP contribution in [0.5, 0.6) is 0 Å². The number of carbonyl (C=O) groups is 1. The third kappa shape index (κ3) is 3.61. The first-order valence-corrected chi connectivity index (χ1v) is 6.43. The van der Waals surface area contributed by atoms with Gasteiger partial charge in [-0.2, -0.15) is 0 Å². The SMILES string of the molecule is NCC#Cc1ccc(NC(=O)c2ccccc2Cl)cc1. The van der Waals surface area contributed by atoms with Crippen LogP contribution >= 0.6 is 11.6 Å². The molecule has 0 saturated carbocycles. The second-order valence-corrected chi connectivity index (χ2v) is 4.42. The van der Waals surface area contributed by atoms with Crippen LogP contribution in [0, 0.1) is 11.8 Å². The van der Waals surface area contributed by atoms with Crippen molar-refractivity contribution >= 4 is 23.2 Å². The molecule has 2 aromatic rings. The highest BCUT2D eigenvalue weighted by Crippen LogP contribution is 2.17. The van der Waals surface area contributed by atoms with Gasteiger partial charge in [-0.05, 0) is 36.4 Å². The van der Waals surface area contributed by atoms with Crippen LogP contribution in [0.25, 0.3) is 0 Å². The van der Waals surface area contributed by atoms with E-state index in [2.05, 4.69) is 17.2 Å². The fourth-order valence-electron chi connectivity index (χ4n) is 1.63. The average molecular weight is 285 g/mol. The Kier molecular flexibility index (Phi) is 4.78. The number of nitrogens with two attached hydrogens (primary N) is 1. The minimum absolute atomic E-state index is 0.239. The molecule has 0 saturated heterocycles. The molecule has 0 spiro atoms. The summed E-state index contributed by atoms with van der Waals surface area (Å²) in [6.07, 6.45) is 0. The van der Waals surface area contributed by atoms with Gasteiger partial charge >= 0.3 is 0 Å². The van der Waals surface area contributed by atoms with E-state index in [0.29, 0.717) is 22.8 Å². The quantitative estimate of drug-likeness (QED) is 0.833. The first-order chi connectivity index (χ1) is 9.70. The Morgan fingerprint density at radius 3 is 2.50 bits per heavy atom. The molecule has 0 aromatic heterocycles. The van der Waals surface area contributed by atoms with Crippen LogP contribution in [0.1, 0.15) is 15.9 Å². The molecule has 0 bridgehead atoms. The van der Waals surface area contributed by atoms with Gasteiger partial charge in [-0.15, -0.1) is 0 Å². The summed E-state index contributed by atoms with van der Waals surface area (Å²) in [5.41, 5.74) is 7.29. The second-order valence-electron chi connectivity index (χ2n) is 4.02. The van der Waals surface area contributed by atoms with Crippen molar-refractivity contribution in [2.75, 3.05) is 11.9 Å². The summed E-state index contributed by atoms with van der Waals surface area (Å²) in [4.78, 5) is 12.1. The van der Waals surface area contributed by atoms with E-state index in [1.54, 1.807) is 36.4 Å². The van der Waals surface area contributed by atoms with E-state index in [-0.39, 0.29) is 5.91 Å². The van der Waals surface area contributed by atoms with E-state index >= 15 is 0 Å². The molecule has 3 N–H and O–H groups in total. The van der Waals surface area contributed by atoms with Crippen LogP contribution in [-0.2, 0) is 0 Å². The predicted octanol–water partition coefficient (Wildman–Crippen LogP) is 2.90. The average Bonchev–Trinajstić information content (AvgIpc) is 2.47. The van der Waals surface area contributed by atoms with Gasteiger partial charge in [-0.25, -0.2) is 0 Å². The number of hydrogen-bond acceptors (Lipinski definition) is 2. The summed E-state index contributed by atoms with van der Waals surface area (Å²) in [6.45, 7) is 0.324. The Bertz CT molecular complexity index is 669. The highest BCUT2D eigenvalue weighted by Gasteiger charge is 2.09. The van der Waals surface area contributed by atoms with Crippen LogP contribution in [-0.4, -0.2) is 12.5 Å². The first kappa shape index (κ1) is 14.1. The fraction of sp³-hybridized carbons (Fsp3) is 0.0625. The molecule has 0 unspecified atom stereocenters. The molecule has 0 atom stereocenters. The topological polar surface area (TPSA) is 55.1 Å². The number of halogens is 1. The lowest BCUT2D eigenvalue weighted by molar-refractivity contribution is 0.102. The predicted molar refractivity (Wildman–Crippen MR) is 81.8 cm³/mol. The lowest BCUT2D eigenvalue weighted by Crippen LogP contribution is -2.12. The molecule has 2 aromatic carbocycles. The molecular formula is C16H13ClN2O. The zero-order valence-corrected chi connectivity index (χ0v) is 11.4. The standard InChI is InChI=1S/C16H13ClN2O/c17-15-6-2-1-5-14(15)16(20)19-13-9-7-12(8-10-13)4-3-11-18/h1-2,5-10H,11,18H2,(H,19,20). The van der Waals surface area contributed by atoms with E-state index in [1.807, 2.05) is 12.1 Å². The molecule has 1 amide bonds. The Morgan fingerprint density at radius 2 is 1.85 bits per heavy atom. The Labute approximate surface area is 122 Å². The number of hydrogen-bond donors (Lipinski definition) is 2. The Hall–Kier alpha value is -2.28. The van der Waals surface area contributed by atoms with Gasteiger partial charge in [0.25, 0.3) is 5.91 Å². The number of carbonyl (C=O) groups excluding carboxylic acids is 1. The van der Waals surface area contributed by atoms with Crippen LogP contribution in [0.2, 0.25) is 5.02 Å². The Balaban J connectivity index is 2.11. The molecule has 100 valence electrons. The van der Waals surface area contributed by atoms with E-state index in [4.69, 9.17) is 17.3 Å². The van der Waals surface area contributed by atoms with Gasteiger partial charge in [0.1, 0.15) is 0 Å². The van der Waals surface area contributed by atoms with Crippen LogP contribution in [0.3, 0.4) is 0 Å². The molecule has 0 heterocycles. The maximum absolute atomic E-state index is 12.1. The molecule has 0 aliphatic carbocycles. The number of nitrogens with one attached hydrogen (secondary N) is 1. The summed E-state index contributed by atoms with van der Waals surface area (Å²) in [5.74, 6) is 5.45. The van der Waals surface area contributed by atoms with Crippen LogP contribution in [0.4, 0.5) is 5.69 Å². The van der Waals surface area contributed by atoms with E-state index in [0.717, 1.165) is 5.56 Å². The Morgan fingerprint density at radius 1 is 1.15 bits per heavy atom. The zero-order chi connectivity index (χ0) is 14.4. The summed E-state index contributed by atoms with van der Waals surface area (Å²) >= 11 is 5.98. The van der Waals surface area contributed by atoms with Crippen molar-refractivity contribution in [2.24, 2.45) is 5.73 Å². The molecule has 0 aliphatic heterocycles. The molecule has 0 radical (unpaired) electrons. The summed E-state index contributed by atoms with van der Waals surface area (Å²) < 4.78 is 0. The molecule has 4 heteroatoms. The molecule has 0 aliphatic rings. The third-order valence-corrected chi connectivity index (χ3v) is 2.93. The molecule has 2 rings (SSSR count). The number of rotatable bonds is 2. The van der Waals surface area contributed by atoms with E-state index in [1.165, 1.54) is 0 Å². The second kappa shape index (κ2) is 6.76. The molecule has 3 nitrogen and oxygen atoms in total. The van der Waals surface area contributed by atoms with Gasteiger partial charge in [-0.3, -0.25) is 4.79 Å². The normalized spacial score (nSPS) is 9.50. The van der Waals surface area contributed by atoms with Crippen molar-refractivity contribution in [1.82, 2.24) is 0 Å². The van der Waals surface area contributed by atoms with Crippen molar-refractivity contribution in [3.05, 3.63) is 64.7 Å². The molecule has 20 heavy (non-hydrogen) atoms. The van der Waals surface area contributed by atoms with Gasteiger partial charge in [0.05, 0.1) is 17.1 Å². The van der Waals surface area contributed by atoms with Crippen molar-refractivity contribution < 1.29 is 4.79 Å². The van der Waals surface area contributed by atoms with Crippen molar-refractivity contribution in [3.8, 4) is 11.8 Å². The maximum Gasteiger partial charge on any atom is 0.257 e. The van der Waals surface area contributed by atoms with Gasteiger partial charge < -0.3 is 11.1 Å². The third-order valence-electron chi connectivity index (χ3n) is 2.60. The molecule has 0 fully saturated rings. The summed E-state index contributed by atoms with van der Waals surface area (Å²) in [7, 11) is 0. The smallest absolute Gasteiger partial charge is 0.257 e. The van der Waals surface area contributed by atoms with Gasteiger partial charge in [-0.1, -0.05) is 35.6 Å². The van der Waals surface area contributed by atoms with Gasteiger partial charge in [0.15, 0.2) is 0 Å². The first-order valence-electron chi connectivity index (χ1n) is 6.05. The lowest BCUT2D eigenvalue weighted by Gasteiger charge is -2.06. The summed E-state index contributed by atoms with van der Waals surface area (Å²) in [6, 6.07) is 14.1. The van der Waals surface area contributed by atoms with Gasteiger partial charge in [0, 0.05) is 11.3 Å². The number of benzene rings is 2. The van der Waals surface area contributed by atoms with Crippen LogP contribution < -0.4 is 11.1 Å². The van der Waals surface area contributed by atoms with E-state index in [9.17, 15) is 4.79 Å². The van der Waals surface area contributed by atoms with Crippen molar-refractivity contribution in [1.29, 1.82) is 0 Å². The fourth-order valence-corrected chi connectivity index (χ4v) is 1.86. The molecular weight excluding hydrogens is 272 g/mol. The minimum atomic E-state index is -0.239. The van der Waals surface area contributed by atoms with Crippen molar-refractivity contribution in [3.63, 3.8) is 0 Å². The van der Waals surface area contributed by atoms with E-state index < -0.39 is 0 Å². The number of anilines is 1. The lowest BCUT2D eigenvalue weighted by atomic mass is 10.2. The monoisotopic (exact) mass is 284 g/mol. The largest absolute Gasteiger partial charge is 0.322 e. The van der Waals surface area contributed by atoms with Crippen LogP contribution in [0.15, 0.2) is 48.5 Å². The minimum Gasteiger partial charge on any atom is -0.322 e.